The van der Waals surface area contributed by atoms with Gasteiger partial charge in [-0.3, -0.25) is 0 Å². The van der Waals surface area contributed by atoms with E-state index in [1.54, 1.807) is 12.1 Å². The number of aliphatic hydroxyl groups is 1. The van der Waals surface area contributed by atoms with Gasteiger partial charge in [-0.15, -0.1) is 0 Å². The van der Waals surface area contributed by atoms with E-state index in [0.29, 0.717) is 6.04 Å². The van der Waals surface area contributed by atoms with Gasteiger partial charge in [0.15, 0.2) is 0 Å². The highest BCUT2D eigenvalue weighted by Crippen LogP contribution is 2.34. The number of aliphatic hydroxyl groups excluding tert-OH is 1. The van der Waals surface area contributed by atoms with Crippen molar-refractivity contribution in [3.05, 3.63) is 65.2 Å². The Morgan fingerprint density at radius 1 is 1.05 bits per heavy atom. The van der Waals surface area contributed by atoms with Crippen LogP contribution >= 0.6 is 0 Å². The van der Waals surface area contributed by atoms with Crippen molar-refractivity contribution in [2.45, 2.75) is 38.8 Å². The van der Waals surface area contributed by atoms with E-state index in [9.17, 15) is 10.2 Å². The Morgan fingerprint density at radius 2 is 1.77 bits per heavy atom. The first-order valence-corrected chi connectivity index (χ1v) is 7.82. The van der Waals surface area contributed by atoms with Crippen molar-refractivity contribution in [1.82, 2.24) is 5.32 Å². The molecule has 0 amide bonds. The lowest BCUT2D eigenvalue weighted by Crippen LogP contribution is -2.25. The van der Waals surface area contributed by atoms with Crippen LogP contribution in [0.3, 0.4) is 0 Å². The molecule has 0 aromatic heterocycles. The van der Waals surface area contributed by atoms with Gasteiger partial charge in [-0.25, -0.2) is 0 Å². The molecule has 0 saturated carbocycles. The molecule has 0 aliphatic carbocycles. The molecule has 3 nitrogen and oxygen atoms in total. The first kappa shape index (κ1) is 16.5. The molecule has 22 heavy (non-hydrogen) atoms. The predicted molar refractivity (Wildman–Crippen MR) is 90.1 cm³/mol. The molecule has 2 rings (SSSR count). The van der Waals surface area contributed by atoms with Crippen molar-refractivity contribution in [3.63, 3.8) is 0 Å². The van der Waals surface area contributed by atoms with Gasteiger partial charge in [-0.2, -0.15) is 0 Å². The van der Waals surface area contributed by atoms with E-state index >= 15 is 0 Å². The Morgan fingerprint density at radius 3 is 2.41 bits per heavy atom. The Kier molecular flexibility index (Phi) is 5.99. The lowest BCUT2D eigenvalue weighted by Gasteiger charge is -2.21. The summed E-state index contributed by atoms with van der Waals surface area (Å²) in [5.74, 6) is 0.398. The normalized spacial score (nSPS) is 12.5. The van der Waals surface area contributed by atoms with Crippen LogP contribution in [-0.2, 0) is 6.61 Å². The number of nitrogens with one attached hydrogen (secondary N) is 1. The van der Waals surface area contributed by atoms with Crippen molar-refractivity contribution in [1.29, 1.82) is 0 Å². The smallest absolute Gasteiger partial charge is 0.119 e. The van der Waals surface area contributed by atoms with Crippen molar-refractivity contribution >= 4 is 0 Å². The fraction of sp³-hybridized carbons (Fsp3) is 0.368. The predicted octanol–water partition coefficient (Wildman–Crippen LogP) is 3.40. The minimum atomic E-state index is -0.0148. The number of phenolic OH excluding ortho intramolecular Hbond substituents is 1. The van der Waals surface area contributed by atoms with Gasteiger partial charge in [0.05, 0.1) is 6.61 Å². The topological polar surface area (TPSA) is 52.5 Å². The third kappa shape index (κ3) is 4.33. The number of hydrogen-bond acceptors (Lipinski definition) is 3. The lowest BCUT2D eigenvalue weighted by atomic mass is 9.87. The average Bonchev–Trinajstić information content (AvgIpc) is 2.53. The molecule has 3 heteroatoms. The second kappa shape index (κ2) is 7.97. The molecule has 1 atom stereocenters. The minimum absolute atomic E-state index is 0.0148. The van der Waals surface area contributed by atoms with Gasteiger partial charge >= 0.3 is 0 Å². The second-order valence-corrected chi connectivity index (χ2v) is 5.91. The van der Waals surface area contributed by atoms with Crippen LogP contribution in [0.5, 0.6) is 5.75 Å². The molecule has 0 fully saturated rings. The van der Waals surface area contributed by atoms with Gasteiger partial charge in [-0.05, 0) is 36.2 Å². The van der Waals surface area contributed by atoms with Gasteiger partial charge in [-0.1, -0.05) is 50.2 Å². The lowest BCUT2D eigenvalue weighted by molar-refractivity contribution is 0.281. The van der Waals surface area contributed by atoms with Gasteiger partial charge < -0.3 is 15.5 Å². The van der Waals surface area contributed by atoms with Crippen LogP contribution in [0.25, 0.3) is 0 Å². The molecule has 0 radical (unpaired) electrons. The molecule has 0 saturated heterocycles. The molecule has 0 aliphatic heterocycles. The molecule has 118 valence electrons. The van der Waals surface area contributed by atoms with Crippen molar-refractivity contribution in [2.24, 2.45) is 0 Å². The highest BCUT2D eigenvalue weighted by Gasteiger charge is 2.18. The molecule has 0 spiro atoms. The number of rotatable bonds is 7. The van der Waals surface area contributed by atoms with Gasteiger partial charge in [0.25, 0.3) is 0 Å². The minimum Gasteiger partial charge on any atom is -0.508 e. The maximum Gasteiger partial charge on any atom is 0.119 e. The Balaban J connectivity index is 2.31. The molecule has 0 aliphatic rings. The van der Waals surface area contributed by atoms with Gasteiger partial charge in [0, 0.05) is 17.5 Å². The summed E-state index contributed by atoms with van der Waals surface area (Å²) in [5, 5.41) is 23.1. The largest absolute Gasteiger partial charge is 0.508 e. The molecule has 3 N–H and O–H groups in total. The third-order valence-electron chi connectivity index (χ3n) is 3.84. The number of benzene rings is 2. The van der Waals surface area contributed by atoms with E-state index in [1.807, 2.05) is 24.3 Å². The Bertz CT molecular complexity index is 581. The maximum absolute atomic E-state index is 10.3. The van der Waals surface area contributed by atoms with Crippen LogP contribution in [0.2, 0.25) is 0 Å². The van der Waals surface area contributed by atoms with E-state index in [0.717, 1.165) is 24.1 Å². The second-order valence-electron chi connectivity index (χ2n) is 5.91. The van der Waals surface area contributed by atoms with Crippen molar-refractivity contribution in [2.75, 3.05) is 6.54 Å². The molecule has 0 heterocycles. The standard InChI is InChI=1S/C19H25NO2/c1-14(2)20-11-10-17(16-6-4-3-5-7-16)18-12-15(13-21)8-9-19(18)22/h3-9,12,14,17,20-22H,10-11,13H2,1-2H3/t17-/m1/s1. The van der Waals surface area contributed by atoms with Crippen LogP contribution in [0.1, 0.15) is 42.9 Å². The number of phenols is 1. The van der Waals surface area contributed by atoms with E-state index < -0.39 is 0 Å². The van der Waals surface area contributed by atoms with Crippen LogP contribution in [0.4, 0.5) is 0 Å². The number of aromatic hydroxyl groups is 1. The van der Waals surface area contributed by atoms with E-state index in [1.165, 1.54) is 5.56 Å². The first-order chi connectivity index (χ1) is 10.6. The fourth-order valence-corrected chi connectivity index (χ4v) is 2.68. The van der Waals surface area contributed by atoms with Crippen LogP contribution in [0.15, 0.2) is 48.5 Å². The van der Waals surface area contributed by atoms with Crippen molar-refractivity contribution < 1.29 is 10.2 Å². The van der Waals surface area contributed by atoms with Crippen LogP contribution < -0.4 is 5.32 Å². The summed E-state index contributed by atoms with van der Waals surface area (Å²) < 4.78 is 0. The average molecular weight is 299 g/mol. The van der Waals surface area contributed by atoms with E-state index in [4.69, 9.17) is 0 Å². The zero-order valence-corrected chi connectivity index (χ0v) is 13.3. The Hall–Kier alpha value is -1.84. The van der Waals surface area contributed by atoms with Crippen LogP contribution in [0, 0.1) is 0 Å². The highest BCUT2D eigenvalue weighted by molar-refractivity contribution is 5.43. The summed E-state index contributed by atoms with van der Waals surface area (Å²) in [6.07, 6.45) is 0.893. The molecule has 0 unspecified atom stereocenters. The van der Waals surface area contributed by atoms with Gasteiger partial charge in [0.2, 0.25) is 0 Å². The molecule has 2 aromatic rings. The molecule has 0 bridgehead atoms. The third-order valence-corrected chi connectivity index (χ3v) is 3.84. The van der Waals surface area contributed by atoms with Crippen LogP contribution in [-0.4, -0.2) is 22.8 Å². The van der Waals surface area contributed by atoms with Gasteiger partial charge in [0.1, 0.15) is 5.75 Å². The maximum atomic E-state index is 10.3. The highest BCUT2D eigenvalue weighted by atomic mass is 16.3. The monoisotopic (exact) mass is 299 g/mol. The molecule has 2 aromatic carbocycles. The fourth-order valence-electron chi connectivity index (χ4n) is 2.68. The summed E-state index contributed by atoms with van der Waals surface area (Å²) in [6.45, 7) is 5.11. The summed E-state index contributed by atoms with van der Waals surface area (Å²) in [5.41, 5.74) is 2.88. The Labute approximate surface area is 132 Å². The van der Waals surface area contributed by atoms with E-state index in [2.05, 4.69) is 31.3 Å². The molecular formula is C19H25NO2. The zero-order chi connectivity index (χ0) is 15.9. The first-order valence-electron chi connectivity index (χ1n) is 7.82. The molecular weight excluding hydrogens is 274 g/mol. The summed E-state index contributed by atoms with van der Waals surface area (Å²) in [6, 6.07) is 16.0. The SMILES string of the molecule is CC(C)NCC[C@H](c1ccccc1)c1cc(CO)ccc1O. The summed E-state index contributed by atoms with van der Waals surface area (Å²) in [4.78, 5) is 0. The summed E-state index contributed by atoms with van der Waals surface area (Å²) >= 11 is 0. The summed E-state index contributed by atoms with van der Waals surface area (Å²) in [7, 11) is 0. The van der Waals surface area contributed by atoms with E-state index in [-0.39, 0.29) is 18.3 Å². The zero-order valence-electron chi connectivity index (χ0n) is 13.3. The quantitative estimate of drug-likeness (QED) is 0.734. The number of hydrogen-bond donors (Lipinski definition) is 3. The van der Waals surface area contributed by atoms with Crippen molar-refractivity contribution in [3.8, 4) is 5.75 Å².